The van der Waals surface area contributed by atoms with Crippen molar-refractivity contribution in [3.05, 3.63) is 12.2 Å². The number of carbonyl (C=O) groups excluding carboxylic acids is 2. The molecule has 0 saturated heterocycles. The lowest BCUT2D eigenvalue weighted by Gasteiger charge is -2.07. The van der Waals surface area contributed by atoms with Crippen molar-refractivity contribution in [1.82, 2.24) is 0 Å². The largest absolute Gasteiger partial charge is 0.463 e. The first-order valence-corrected chi connectivity index (χ1v) is 7.15. The van der Waals surface area contributed by atoms with Crippen LogP contribution in [0.2, 0.25) is 0 Å². The average Bonchev–Trinajstić information content (AvgIpc) is 2.40. The van der Waals surface area contributed by atoms with Crippen LogP contribution in [-0.4, -0.2) is 24.6 Å². The molecule has 0 aliphatic carbocycles. The summed E-state index contributed by atoms with van der Waals surface area (Å²) >= 11 is 0. The van der Waals surface area contributed by atoms with Gasteiger partial charge in [-0.1, -0.05) is 39.5 Å². The monoisotopic (exact) mass is 270 g/mol. The molecule has 4 nitrogen and oxygen atoms in total. The van der Waals surface area contributed by atoms with Crippen molar-refractivity contribution in [3.8, 4) is 0 Å². The lowest BCUT2D eigenvalue weighted by molar-refractivity contribution is -0.143. The van der Waals surface area contributed by atoms with Gasteiger partial charge in [0.25, 0.3) is 0 Å². The number of ether oxygens (including phenoxy) is 2. The molecule has 0 fully saturated rings. The van der Waals surface area contributed by atoms with Crippen LogP contribution < -0.4 is 0 Å². The Morgan fingerprint density at radius 1 is 1.00 bits per heavy atom. The van der Waals surface area contributed by atoms with Crippen molar-refractivity contribution in [2.45, 2.75) is 65.4 Å². The molecule has 0 heterocycles. The Morgan fingerprint density at radius 3 is 2.26 bits per heavy atom. The summed E-state index contributed by atoms with van der Waals surface area (Å²) in [6.45, 7) is 6.30. The summed E-state index contributed by atoms with van der Waals surface area (Å²) in [7, 11) is 0. The quantitative estimate of drug-likeness (QED) is 0.347. The van der Waals surface area contributed by atoms with Crippen LogP contribution in [-0.2, 0) is 19.1 Å². The van der Waals surface area contributed by atoms with Gasteiger partial charge in [-0.05, 0) is 19.8 Å². The van der Waals surface area contributed by atoms with Crippen LogP contribution in [0, 0.1) is 0 Å². The van der Waals surface area contributed by atoms with Gasteiger partial charge in [0.2, 0.25) is 0 Å². The molecular weight excluding hydrogens is 244 g/mol. The number of unbranched alkanes of at least 4 members (excludes halogenated alkanes) is 4. The summed E-state index contributed by atoms with van der Waals surface area (Å²) in [5, 5.41) is 0. The van der Waals surface area contributed by atoms with Crippen LogP contribution in [0.3, 0.4) is 0 Å². The molecule has 0 aliphatic rings. The van der Waals surface area contributed by atoms with Crippen molar-refractivity contribution in [3.63, 3.8) is 0 Å². The summed E-state index contributed by atoms with van der Waals surface area (Å²) < 4.78 is 9.96. The third kappa shape index (κ3) is 11.5. The lowest BCUT2D eigenvalue weighted by Crippen LogP contribution is -2.12. The minimum atomic E-state index is -0.505. The highest BCUT2D eigenvalue weighted by Gasteiger charge is 2.05. The van der Waals surface area contributed by atoms with Gasteiger partial charge in [-0.3, -0.25) is 0 Å². The second-order valence-electron chi connectivity index (χ2n) is 4.57. The highest BCUT2D eigenvalue weighted by molar-refractivity contribution is 5.91. The van der Waals surface area contributed by atoms with E-state index in [-0.39, 0.29) is 6.10 Å². The van der Waals surface area contributed by atoms with Crippen LogP contribution in [0.5, 0.6) is 0 Å². The SMILES string of the molecule is CCCCCCCOC(=O)/C=C/C(=O)OC(C)CC. The number of carbonyl (C=O) groups is 2. The van der Waals surface area contributed by atoms with E-state index in [1.54, 1.807) is 6.92 Å². The molecular formula is C15H26O4. The summed E-state index contributed by atoms with van der Waals surface area (Å²) in [6, 6.07) is 0. The minimum Gasteiger partial charge on any atom is -0.463 e. The first-order chi connectivity index (χ1) is 9.10. The van der Waals surface area contributed by atoms with E-state index in [2.05, 4.69) is 6.92 Å². The van der Waals surface area contributed by atoms with Crippen molar-refractivity contribution >= 4 is 11.9 Å². The van der Waals surface area contributed by atoms with Crippen LogP contribution in [0.25, 0.3) is 0 Å². The fourth-order valence-electron chi connectivity index (χ4n) is 1.38. The van der Waals surface area contributed by atoms with Gasteiger partial charge >= 0.3 is 11.9 Å². The van der Waals surface area contributed by atoms with Gasteiger partial charge < -0.3 is 9.47 Å². The van der Waals surface area contributed by atoms with Gasteiger partial charge in [-0.2, -0.15) is 0 Å². The molecule has 0 aliphatic heterocycles. The maximum absolute atomic E-state index is 11.3. The molecule has 0 saturated carbocycles. The topological polar surface area (TPSA) is 52.6 Å². The van der Waals surface area contributed by atoms with E-state index in [1.165, 1.54) is 19.3 Å². The molecule has 0 amide bonds. The summed E-state index contributed by atoms with van der Waals surface area (Å²) in [6.07, 6.45) is 8.38. The van der Waals surface area contributed by atoms with Crippen LogP contribution in [0.15, 0.2) is 12.2 Å². The fourth-order valence-corrected chi connectivity index (χ4v) is 1.38. The van der Waals surface area contributed by atoms with E-state index < -0.39 is 11.9 Å². The fraction of sp³-hybridized carbons (Fsp3) is 0.733. The van der Waals surface area contributed by atoms with Crippen LogP contribution in [0.4, 0.5) is 0 Å². The van der Waals surface area contributed by atoms with Crippen molar-refractivity contribution in [2.24, 2.45) is 0 Å². The molecule has 110 valence electrons. The summed E-state index contributed by atoms with van der Waals surface area (Å²) in [5.41, 5.74) is 0. The number of hydrogen-bond acceptors (Lipinski definition) is 4. The maximum atomic E-state index is 11.3. The molecule has 1 atom stereocenters. The Bertz CT molecular complexity index is 284. The zero-order chi connectivity index (χ0) is 14.5. The maximum Gasteiger partial charge on any atom is 0.331 e. The third-order valence-corrected chi connectivity index (χ3v) is 2.74. The molecule has 0 aromatic carbocycles. The smallest absolute Gasteiger partial charge is 0.331 e. The van der Waals surface area contributed by atoms with Gasteiger partial charge in [0, 0.05) is 12.2 Å². The van der Waals surface area contributed by atoms with Gasteiger partial charge in [0.05, 0.1) is 12.7 Å². The number of esters is 2. The molecule has 19 heavy (non-hydrogen) atoms. The predicted molar refractivity (Wildman–Crippen MR) is 74.7 cm³/mol. The highest BCUT2D eigenvalue weighted by Crippen LogP contribution is 2.02. The first kappa shape index (κ1) is 17.7. The van der Waals surface area contributed by atoms with Crippen molar-refractivity contribution in [2.75, 3.05) is 6.61 Å². The molecule has 4 heteroatoms. The molecule has 0 radical (unpaired) electrons. The molecule has 0 N–H and O–H groups in total. The zero-order valence-electron chi connectivity index (χ0n) is 12.3. The Balaban J connectivity index is 3.64. The zero-order valence-corrected chi connectivity index (χ0v) is 12.3. The van der Waals surface area contributed by atoms with Crippen LogP contribution in [0.1, 0.15) is 59.3 Å². The standard InChI is InChI=1S/C15H26O4/c1-4-6-7-8-9-12-18-14(16)10-11-15(17)19-13(3)5-2/h10-11,13H,4-9,12H2,1-3H3/b11-10+. The van der Waals surface area contributed by atoms with Gasteiger partial charge in [-0.25, -0.2) is 9.59 Å². The van der Waals surface area contributed by atoms with Gasteiger partial charge in [0.15, 0.2) is 0 Å². The Labute approximate surface area is 116 Å². The minimum absolute atomic E-state index is 0.133. The van der Waals surface area contributed by atoms with Crippen molar-refractivity contribution in [1.29, 1.82) is 0 Å². The summed E-state index contributed by atoms with van der Waals surface area (Å²) in [5.74, 6) is -0.995. The molecule has 0 bridgehead atoms. The summed E-state index contributed by atoms with van der Waals surface area (Å²) in [4.78, 5) is 22.5. The van der Waals surface area contributed by atoms with E-state index in [4.69, 9.17) is 9.47 Å². The number of hydrogen-bond donors (Lipinski definition) is 0. The molecule has 0 rings (SSSR count). The normalized spacial score (nSPS) is 12.4. The molecule has 0 aromatic heterocycles. The van der Waals surface area contributed by atoms with E-state index >= 15 is 0 Å². The van der Waals surface area contributed by atoms with E-state index in [1.807, 2.05) is 6.92 Å². The molecule has 1 unspecified atom stereocenters. The highest BCUT2D eigenvalue weighted by atomic mass is 16.5. The first-order valence-electron chi connectivity index (χ1n) is 7.15. The van der Waals surface area contributed by atoms with Crippen molar-refractivity contribution < 1.29 is 19.1 Å². The van der Waals surface area contributed by atoms with Gasteiger partial charge in [-0.15, -0.1) is 0 Å². The second kappa shape index (κ2) is 11.8. The van der Waals surface area contributed by atoms with E-state index in [0.717, 1.165) is 31.4 Å². The van der Waals surface area contributed by atoms with E-state index in [9.17, 15) is 9.59 Å². The number of rotatable bonds is 10. The Kier molecular flexibility index (Phi) is 10.9. The van der Waals surface area contributed by atoms with Gasteiger partial charge in [0.1, 0.15) is 0 Å². The lowest BCUT2D eigenvalue weighted by atomic mass is 10.2. The third-order valence-electron chi connectivity index (χ3n) is 2.74. The molecule has 0 spiro atoms. The average molecular weight is 270 g/mol. The Morgan fingerprint density at radius 2 is 1.63 bits per heavy atom. The van der Waals surface area contributed by atoms with Crippen LogP contribution >= 0.6 is 0 Å². The second-order valence-corrected chi connectivity index (χ2v) is 4.57. The predicted octanol–water partition coefficient (Wildman–Crippen LogP) is 3.40. The Hall–Kier alpha value is -1.32. The molecule has 0 aromatic rings. The van der Waals surface area contributed by atoms with E-state index in [0.29, 0.717) is 6.61 Å².